The van der Waals surface area contributed by atoms with Crippen molar-refractivity contribution in [2.75, 3.05) is 7.11 Å². The van der Waals surface area contributed by atoms with Gasteiger partial charge in [0.05, 0.1) is 30.7 Å². The van der Waals surface area contributed by atoms with Crippen molar-refractivity contribution in [3.8, 4) is 5.69 Å². The number of amides is 2. The molecule has 3 aliphatic carbocycles. The van der Waals surface area contributed by atoms with Crippen LogP contribution in [0.25, 0.3) is 5.69 Å². The van der Waals surface area contributed by atoms with E-state index in [0.717, 1.165) is 40.5 Å². The molecule has 1 saturated heterocycles. The largest absolute Gasteiger partial charge is 0.465 e. The van der Waals surface area contributed by atoms with Crippen LogP contribution in [-0.2, 0) is 14.3 Å². The minimum absolute atomic E-state index is 0.152. The third-order valence-corrected chi connectivity index (χ3v) is 7.07. The number of rotatable bonds is 4. The summed E-state index contributed by atoms with van der Waals surface area (Å²) in [6.07, 6.45) is 7.74. The molecule has 2 aromatic rings. The lowest BCUT2D eigenvalue weighted by molar-refractivity contribution is -0.140. The van der Waals surface area contributed by atoms with Gasteiger partial charge < -0.3 is 9.30 Å². The number of fused-ring (bicyclic) bond motifs is 1. The van der Waals surface area contributed by atoms with E-state index in [0.29, 0.717) is 5.56 Å². The van der Waals surface area contributed by atoms with Crippen molar-refractivity contribution in [2.24, 2.45) is 28.8 Å². The Kier molecular flexibility index (Phi) is 4.84. The molecule has 1 saturated carbocycles. The van der Waals surface area contributed by atoms with E-state index in [1.165, 1.54) is 7.11 Å². The summed E-state index contributed by atoms with van der Waals surface area (Å²) in [5, 5.41) is 5.43. The quantitative estimate of drug-likeness (QED) is 0.322. The molecule has 0 N–H and O–H groups in total. The minimum Gasteiger partial charge on any atom is -0.465 e. The zero-order valence-corrected chi connectivity index (χ0v) is 18.3. The number of aromatic nitrogens is 1. The van der Waals surface area contributed by atoms with Crippen molar-refractivity contribution in [1.29, 1.82) is 0 Å². The molecule has 6 rings (SSSR count). The molecule has 1 aliphatic heterocycles. The Bertz CT molecular complexity index is 1140. The van der Waals surface area contributed by atoms with Gasteiger partial charge in [-0.3, -0.25) is 9.59 Å². The van der Waals surface area contributed by atoms with Crippen molar-refractivity contribution in [3.63, 3.8) is 0 Å². The van der Waals surface area contributed by atoms with Gasteiger partial charge in [-0.15, -0.1) is 0 Å². The molecule has 32 heavy (non-hydrogen) atoms. The predicted molar refractivity (Wildman–Crippen MR) is 118 cm³/mol. The predicted octanol–water partition coefficient (Wildman–Crippen LogP) is 3.41. The van der Waals surface area contributed by atoms with Crippen LogP contribution in [0.2, 0.25) is 0 Å². The second-order valence-corrected chi connectivity index (χ2v) is 8.77. The van der Waals surface area contributed by atoms with Crippen LogP contribution in [0, 0.1) is 37.5 Å². The Morgan fingerprint density at radius 2 is 1.62 bits per heavy atom. The Hall–Kier alpha value is -3.48. The zero-order chi connectivity index (χ0) is 22.6. The molecule has 1 aromatic carbocycles. The lowest BCUT2D eigenvalue weighted by Crippen LogP contribution is -2.38. The summed E-state index contributed by atoms with van der Waals surface area (Å²) in [4.78, 5) is 37.6. The lowest BCUT2D eigenvalue weighted by Gasteiger charge is -2.37. The second-order valence-electron chi connectivity index (χ2n) is 8.77. The first-order valence-corrected chi connectivity index (χ1v) is 10.9. The van der Waals surface area contributed by atoms with Gasteiger partial charge in [0.25, 0.3) is 11.8 Å². The van der Waals surface area contributed by atoms with Crippen LogP contribution in [0.1, 0.15) is 40.2 Å². The highest BCUT2D eigenvalue weighted by Gasteiger charge is 2.56. The summed E-state index contributed by atoms with van der Waals surface area (Å²) in [6.45, 7) is 3.93. The van der Waals surface area contributed by atoms with E-state index in [1.807, 2.05) is 36.6 Å². The fraction of sp³-hybridized carbons (Fsp3) is 0.360. The second kappa shape index (κ2) is 7.58. The molecule has 4 atom stereocenters. The number of esters is 1. The number of hydrogen-bond acceptors (Lipinski definition) is 5. The topological polar surface area (TPSA) is 81.0 Å². The standard InChI is InChI=1S/C25H25N3O4/c1-14-12-19(15(2)27(14)20-10-8-18(9-11-20)25(31)32-3)13-26-28-23(29)21-16-4-5-17(7-6-16)22(21)24(28)30/h4-5,8-13,16-17,21-22H,6-7H2,1-3H3/b26-13-/t16-,17-,21-,22+/m0/s1. The number of carbonyl (C=O) groups is 3. The molecule has 2 bridgehead atoms. The van der Waals surface area contributed by atoms with E-state index in [-0.39, 0.29) is 41.5 Å². The molecule has 2 heterocycles. The molecule has 164 valence electrons. The number of benzene rings is 1. The molecule has 7 heteroatoms. The number of imide groups is 1. The highest BCUT2D eigenvalue weighted by atomic mass is 16.5. The van der Waals surface area contributed by atoms with Crippen molar-refractivity contribution in [3.05, 3.63) is 65.0 Å². The number of methoxy groups -OCH3 is 1. The van der Waals surface area contributed by atoms with Crippen LogP contribution in [-0.4, -0.2) is 40.7 Å². The normalized spacial score (nSPS) is 26.3. The number of allylic oxidation sites excluding steroid dienone is 2. The summed E-state index contributed by atoms with van der Waals surface area (Å²) in [6, 6.07) is 9.12. The van der Waals surface area contributed by atoms with Gasteiger partial charge >= 0.3 is 5.97 Å². The van der Waals surface area contributed by atoms with E-state index in [4.69, 9.17) is 4.74 Å². The van der Waals surface area contributed by atoms with Crippen LogP contribution in [0.4, 0.5) is 0 Å². The summed E-state index contributed by atoms with van der Waals surface area (Å²) < 4.78 is 6.80. The molecular weight excluding hydrogens is 406 g/mol. The highest BCUT2D eigenvalue weighted by Crippen LogP contribution is 2.49. The molecule has 4 aliphatic rings. The Balaban J connectivity index is 1.41. The van der Waals surface area contributed by atoms with Crippen LogP contribution in [0.5, 0.6) is 0 Å². The van der Waals surface area contributed by atoms with E-state index < -0.39 is 0 Å². The van der Waals surface area contributed by atoms with Crippen LogP contribution >= 0.6 is 0 Å². The van der Waals surface area contributed by atoms with Gasteiger partial charge in [-0.2, -0.15) is 10.1 Å². The molecule has 7 nitrogen and oxygen atoms in total. The van der Waals surface area contributed by atoms with Gasteiger partial charge in [-0.1, -0.05) is 12.2 Å². The van der Waals surface area contributed by atoms with Crippen LogP contribution < -0.4 is 0 Å². The summed E-state index contributed by atoms with van der Waals surface area (Å²) in [5.41, 5.74) is 4.11. The Morgan fingerprint density at radius 1 is 1.03 bits per heavy atom. The van der Waals surface area contributed by atoms with Crippen molar-refractivity contribution < 1.29 is 19.1 Å². The number of nitrogens with zero attached hydrogens (tertiary/aromatic N) is 3. The van der Waals surface area contributed by atoms with Crippen molar-refractivity contribution >= 4 is 24.0 Å². The van der Waals surface area contributed by atoms with Gasteiger partial charge in [0.15, 0.2) is 0 Å². The average molecular weight is 431 g/mol. The zero-order valence-electron chi connectivity index (χ0n) is 18.3. The number of hydrazone groups is 1. The van der Waals surface area contributed by atoms with Gasteiger partial charge in [0.2, 0.25) is 0 Å². The third-order valence-electron chi connectivity index (χ3n) is 7.07. The fourth-order valence-corrected chi connectivity index (χ4v) is 5.47. The van der Waals surface area contributed by atoms with Gasteiger partial charge in [-0.25, -0.2) is 4.79 Å². The maximum Gasteiger partial charge on any atom is 0.337 e. The molecule has 2 amide bonds. The summed E-state index contributed by atoms with van der Waals surface area (Å²) in [7, 11) is 1.36. The average Bonchev–Trinajstić information content (AvgIpc) is 3.25. The summed E-state index contributed by atoms with van der Waals surface area (Å²) >= 11 is 0. The summed E-state index contributed by atoms with van der Waals surface area (Å²) in [5.74, 6) is -0.952. The lowest BCUT2D eigenvalue weighted by atomic mass is 9.63. The minimum atomic E-state index is -0.380. The number of ether oxygens (including phenoxy) is 1. The van der Waals surface area contributed by atoms with E-state index in [2.05, 4.69) is 17.3 Å². The first kappa shape index (κ1) is 20.4. The van der Waals surface area contributed by atoms with Gasteiger partial charge in [0, 0.05) is 22.6 Å². The van der Waals surface area contributed by atoms with Crippen molar-refractivity contribution in [2.45, 2.75) is 26.7 Å². The maximum atomic E-state index is 13.0. The number of hydrogen-bond donors (Lipinski definition) is 0. The number of carbonyl (C=O) groups excluding carboxylic acids is 3. The van der Waals surface area contributed by atoms with Crippen LogP contribution in [0.15, 0.2) is 47.6 Å². The SMILES string of the molecule is COC(=O)c1ccc(-n2c(C)cc(/C=N\N3C(=O)[C@@H]4[C@H](C3=O)[C@H]3C=C[C@H]4CC3)c2C)cc1. The molecule has 2 fully saturated rings. The molecule has 1 aromatic heterocycles. The fourth-order valence-electron chi connectivity index (χ4n) is 5.47. The van der Waals surface area contributed by atoms with E-state index in [1.54, 1.807) is 18.3 Å². The van der Waals surface area contributed by atoms with E-state index >= 15 is 0 Å². The maximum absolute atomic E-state index is 13.0. The number of aryl methyl sites for hydroxylation is 1. The molecule has 0 radical (unpaired) electrons. The third kappa shape index (κ3) is 3.03. The Labute approximate surface area is 186 Å². The van der Waals surface area contributed by atoms with Gasteiger partial charge in [0.1, 0.15) is 0 Å². The molecule has 0 unspecified atom stereocenters. The van der Waals surface area contributed by atoms with Crippen LogP contribution in [0.3, 0.4) is 0 Å². The Morgan fingerprint density at radius 3 is 2.16 bits per heavy atom. The molecular formula is C25H25N3O4. The first-order valence-electron chi connectivity index (χ1n) is 10.9. The van der Waals surface area contributed by atoms with Crippen molar-refractivity contribution in [1.82, 2.24) is 9.58 Å². The smallest absolute Gasteiger partial charge is 0.337 e. The highest BCUT2D eigenvalue weighted by molar-refractivity contribution is 6.06. The van der Waals surface area contributed by atoms with Gasteiger partial charge in [-0.05, 0) is 68.9 Å². The van der Waals surface area contributed by atoms with E-state index in [9.17, 15) is 14.4 Å². The molecule has 0 spiro atoms. The monoisotopic (exact) mass is 431 g/mol. The first-order chi connectivity index (χ1) is 15.4.